The lowest BCUT2D eigenvalue weighted by atomic mass is 9.85. The molecule has 1 spiro atoms. The number of amides is 1. The highest BCUT2D eigenvalue weighted by molar-refractivity contribution is 5.86. The number of quaternary nitrogens is 1. The Bertz CT molecular complexity index is 1890. The first-order valence-corrected chi connectivity index (χ1v) is 20.2. The number of rotatable bonds is 15. The molecule has 298 valence electrons. The Hall–Kier alpha value is -4.87. The van der Waals surface area contributed by atoms with Crippen molar-refractivity contribution < 1.29 is 42.6 Å². The van der Waals surface area contributed by atoms with Gasteiger partial charge in [0.25, 0.3) is 0 Å². The Kier molecular flexibility index (Phi) is 12.0. The fraction of sp³-hybridized carbons (Fsp3) is 0.489. The summed E-state index contributed by atoms with van der Waals surface area (Å²) in [6.07, 6.45) is 9.13. The number of nitrogens with one attached hydrogen (secondary N) is 2. The van der Waals surface area contributed by atoms with Gasteiger partial charge in [0.15, 0.2) is 6.79 Å². The molecule has 0 aliphatic carbocycles. The molecule has 4 heterocycles. The van der Waals surface area contributed by atoms with Crippen LogP contribution in [0.15, 0.2) is 85.1 Å². The van der Waals surface area contributed by atoms with E-state index in [0.717, 1.165) is 29.3 Å². The van der Waals surface area contributed by atoms with E-state index < -0.39 is 36.0 Å². The topological polar surface area (TPSA) is 125 Å². The van der Waals surface area contributed by atoms with E-state index in [1.54, 1.807) is 0 Å². The summed E-state index contributed by atoms with van der Waals surface area (Å²) in [6.45, 7) is 8.29. The number of carbonyl (C=O) groups is 3. The molecule has 3 saturated heterocycles. The van der Waals surface area contributed by atoms with Gasteiger partial charge in [-0.3, -0.25) is 4.79 Å². The SMILES string of the molecule is CC(C)(C)OC(=O)NCCc1c[nH]c2ccc(OCCCC(=O)OCOC(C(=O)OC3CC4CCC(C3)[N+]43CCCC3)(c3ccccc3)c3ccccc3)cc12. The Labute approximate surface area is 329 Å². The quantitative estimate of drug-likeness (QED) is 0.0415. The van der Waals surface area contributed by atoms with Crippen LogP contribution in [0.2, 0.25) is 0 Å². The molecule has 2 bridgehead atoms. The molecule has 1 aromatic heterocycles. The maximum Gasteiger partial charge on any atom is 0.407 e. The van der Waals surface area contributed by atoms with Crippen molar-refractivity contribution in [3.8, 4) is 5.75 Å². The Morgan fingerprint density at radius 1 is 0.875 bits per heavy atom. The van der Waals surface area contributed by atoms with Gasteiger partial charge in [-0.25, -0.2) is 9.59 Å². The monoisotopic (exact) mass is 766 g/mol. The molecule has 2 atom stereocenters. The summed E-state index contributed by atoms with van der Waals surface area (Å²) in [7, 11) is 0. The molecule has 0 saturated carbocycles. The average Bonchev–Trinajstić information content (AvgIpc) is 3.87. The van der Waals surface area contributed by atoms with Crippen molar-refractivity contribution in [2.75, 3.05) is 33.0 Å². The van der Waals surface area contributed by atoms with Gasteiger partial charge in [0.05, 0.1) is 31.8 Å². The minimum absolute atomic E-state index is 0.107. The summed E-state index contributed by atoms with van der Waals surface area (Å²) in [5.74, 6) is -0.269. The third-order valence-electron chi connectivity index (χ3n) is 11.8. The standard InChI is InChI=1S/C45H55N3O8/c1-44(2,3)56-43(51)46-23-22-32-30-47-40-21-20-37(29-39(32)40)52-26-12-17-41(49)53-31-54-45(33-13-6-4-7-14-33,34-15-8-5-9-16-34)42(50)55-38-27-35-18-19-36(28-38)48(35)24-10-11-25-48/h4-9,13-16,20-21,29-30,35-36,38,47H,10-12,17-19,22-28,31H2,1-3H3/p+1. The van der Waals surface area contributed by atoms with Gasteiger partial charge in [-0.1, -0.05) is 60.7 Å². The van der Waals surface area contributed by atoms with E-state index in [1.807, 2.05) is 106 Å². The first kappa shape index (κ1) is 39.4. The molecular weight excluding hydrogens is 711 g/mol. The number of H-pyrrole nitrogens is 1. The van der Waals surface area contributed by atoms with E-state index in [9.17, 15) is 14.4 Å². The summed E-state index contributed by atoms with van der Waals surface area (Å²) in [4.78, 5) is 42.9. The Morgan fingerprint density at radius 3 is 2.18 bits per heavy atom. The normalized spacial score (nSPS) is 20.2. The third-order valence-corrected chi connectivity index (χ3v) is 11.8. The van der Waals surface area contributed by atoms with Gasteiger partial charge in [0.1, 0.15) is 17.5 Å². The number of aromatic nitrogens is 1. The van der Waals surface area contributed by atoms with Crippen molar-refractivity contribution in [3.63, 3.8) is 0 Å². The molecular formula is C45H56N3O8+. The van der Waals surface area contributed by atoms with Gasteiger partial charge in [0, 0.05) is 68.6 Å². The predicted octanol–water partition coefficient (Wildman–Crippen LogP) is 7.70. The lowest BCUT2D eigenvalue weighted by Gasteiger charge is -2.47. The van der Waals surface area contributed by atoms with E-state index in [2.05, 4.69) is 10.3 Å². The van der Waals surface area contributed by atoms with E-state index >= 15 is 0 Å². The van der Waals surface area contributed by atoms with Crippen LogP contribution in [0.25, 0.3) is 10.9 Å². The molecule has 11 heteroatoms. The van der Waals surface area contributed by atoms with E-state index in [1.165, 1.54) is 43.3 Å². The zero-order valence-corrected chi connectivity index (χ0v) is 32.9. The number of fused-ring (bicyclic) bond motifs is 1. The summed E-state index contributed by atoms with van der Waals surface area (Å²) >= 11 is 0. The molecule has 3 aromatic carbocycles. The van der Waals surface area contributed by atoms with Crippen LogP contribution in [0.3, 0.4) is 0 Å². The van der Waals surface area contributed by atoms with Gasteiger partial charge >= 0.3 is 18.0 Å². The van der Waals surface area contributed by atoms with Crippen LogP contribution in [0.1, 0.15) is 88.8 Å². The van der Waals surface area contributed by atoms with Crippen molar-refractivity contribution in [3.05, 3.63) is 102 Å². The van der Waals surface area contributed by atoms with Crippen molar-refractivity contribution in [2.45, 2.75) is 108 Å². The maximum atomic E-state index is 14.6. The predicted molar refractivity (Wildman–Crippen MR) is 212 cm³/mol. The van der Waals surface area contributed by atoms with Crippen LogP contribution in [-0.2, 0) is 40.6 Å². The fourth-order valence-corrected chi connectivity index (χ4v) is 9.24. The highest BCUT2D eigenvalue weighted by Gasteiger charge is 2.57. The second-order valence-electron chi connectivity index (χ2n) is 16.5. The number of benzene rings is 3. The molecule has 3 fully saturated rings. The molecule has 4 aromatic rings. The molecule has 2 unspecified atom stereocenters. The van der Waals surface area contributed by atoms with E-state index in [4.69, 9.17) is 23.7 Å². The van der Waals surface area contributed by atoms with Crippen LogP contribution in [0, 0.1) is 0 Å². The van der Waals surface area contributed by atoms with Crippen LogP contribution in [0.4, 0.5) is 4.79 Å². The number of hydrogen-bond acceptors (Lipinski definition) is 8. The number of aromatic amines is 1. The van der Waals surface area contributed by atoms with E-state index in [-0.39, 0.29) is 12.5 Å². The smallest absolute Gasteiger partial charge is 0.407 e. The fourth-order valence-electron chi connectivity index (χ4n) is 9.24. The average molecular weight is 767 g/mol. The highest BCUT2D eigenvalue weighted by Crippen LogP contribution is 2.47. The van der Waals surface area contributed by atoms with Crippen molar-refractivity contribution in [1.29, 1.82) is 0 Å². The Balaban J connectivity index is 0.941. The van der Waals surface area contributed by atoms with Crippen LogP contribution in [0.5, 0.6) is 5.75 Å². The molecule has 1 amide bonds. The number of ether oxygens (including phenoxy) is 5. The first-order valence-electron chi connectivity index (χ1n) is 20.2. The van der Waals surface area contributed by atoms with Crippen molar-refractivity contribution in [2.24, 2.45) is 0 Å². The van der Waals surface area contributed by atoms with Crippen LogP contribution < -0.4 is 10.1 Å². The summed E-state index contributed by atoms with van der Waals surface area (Å²) in [5.41, 5.74) is 1.05. The Morgan fingerprint density at radius 2 is 1.54 bits per heavy atom. The molecule has 11 nitrogen and oxygen atoms in total. The van der Waals surface area contributed by atoms with E-state index in [0.29, 0.717) is 55.0 Å². The third kappa shape index (κ3) is 8.74. The van der Waals surface area contributed by atoms with Gasteiger partial charge in [-0.15, -0.1) is 0 Å². The largest absolute Gasteiger partial charge is 0.494 e. The lowest BCUT2D eigenvalue weighted by Crippen LogP contribution is -2.60. The lowest BCUT2D eigenvalue weighted by molar-refractivity contribution is -0.956. The molecule has 7 rings (SSSR count). The molecule has 3 aliphatic rings. The van der Waals surface area contributed by atoms with Gasteiger partial charge in [-0.05, 0) is 68.5 Å². The van der Waals surface area contributed by atoms with Gasteiger partial charge in [-0.2, -0.15) is 0 Å². The summed E-state index contributed by atoms with van der Waals surface area (Å²) in [6, 6.07) is 25.6. The van der Waals surface area contributed by atoms with Crippen molar-refractivity contribution >= 4 is 28.9 Å². The molecule has 56 heavy (non-hydrogen) atoms. The number of nitrogens with zero attached hydrogens (tertiary/aromatic N) is 1. The number of esters is 2. The first-order chi connectivity index (χ1) is 27.1. The zero-order valence-electron chi connectivity index (χ0n) is 32.9. The zero-order chi connectivity index (χ0) is 39.2. The maximum absolute atomic E-state index is 14.6. The molecule has 0 radical (unpaired) electrons. The number of piperidine rings is 1. The summed E-state index contributed by atoms with van der Waals surface area (Å²) in [5, 5.41) is 3.80. The minimum Gasteiger partial charge on any atom is -0.494 e. The minimum atomic E-state index is -1.62. The molecule has 3 aliphatic heterocycles. The number of alkyl carbamates (subject to hydrolysis) is 1. The van der Waals surface area contributed by atoms with Crippen LogP contribution >= 0.6 is 0 Å². The van der Waals surface area contributed by atoms with Gasteiger partial charge in [0.2, 0.25) is 5.60 Å². The van der Waals surface area contributed by atoms with Gasteiger partial charge < -0.3 is 38.5 Å². The van der Waals surface area contributed by atoms with Crippen molar-refractivity contribution in [1.82, 2.24) is 10.3 Å². The number of carbonyl (C=O) groups excluding carboxylic acids is 3. The molecule has 2 N–H and O–H groups in total. The van der Waals surface area contributed by atoms with Crippen LogP contribution in [-0.4, -0.2) is 84.3 Å². The summed E-state index contributed by atoms with van der Waals surface area (Å²) < 4.78 is 31.0. The highest BCUT2D eigenvalue weighted by atomic mass is 16.7. The number of hydrogen-bond donors (Lipinski definition) is 2. The second-order valence-corrected chi connectivity index (χ2v) is 16.5. The second kappa shape index (κ2) is 17.1.